The highest BCUT2D eigenvalue weighted by Crippen LogP contribution is 2.00. The van der Waals surface area contributed by atoms with Gasteiger partial charge in [0.25, 0.3) is 0 Å². The number of benzene rings is 1. The van der Waals surface area contributed by atoms with Gasteiger partial charge in [0.2, 0.25) is 5.91 Å². The number of amides is 1. The largest absolute Gasteiger partial charge is 0.480 e. The molecule has 1 aromatic rings. The van der Waals surface area contributed by atoms with Crippen LogP contribution < -0.4 is 5.32 Å². The standard InChI is InChI=1S/C13H13NO3.2C2H6/c15-12(14-10-13(16)17)9-5-4-8-11-6-2-1-3-7-11;2*1-2/h1-9H,10H2,(H,14,15)(H,16,17);2*1-2H3/b8-4+,9-5+;;. The molecule has 1 rings (SSSR count). The lowest BCUT2D eigenvalue weighted by Crippen LogP contribution is -2.27. The van der Waals surface area contributed by atoms with E-state index < -0.39 is 11.9 Å². The molecule has 1 amide bonds. The van der Waals surface area contributed by atoms with Gasteiger partial charge in [-0.25, -0.2) is 0 Å². The Bertz CT molecular complexity index is 437. The lowest BCUT2D eigenvalue weighted by atomic mass is 10.2. The summed E-state index contributed by atoms with van der Waals surface area (Å²) in [4.78, 5) is 21.2. The second-order valence-electron chi connectivity index (χ2n) is 3.24. The Labute approximate surface area is 127 Å². The van der Waals surface area contributed by atoms with Gasteiger partial charge < -0.3 is 10.4 Å². The van der Waals surface area contributed by atoms with Gasteiger partial charge in [-0.05, 0) is 5.56 Å². The molecule has 0 aromatic heterocycles. The van der Waals surface area contributed by atoms with Crippen LogP contribution in [0.1, 0.15) is 33.3 Å². The molecule has 116 valence electrons. The van der Waals surface area contributed by atoms with Gasteiger partial charge in [-0.2, -0.15) is 0 Å². The smallest absolute Gasteiger partial charge is 0.322 e. The molecule has 0 aliphatic rings. The van der Waals surface area contributed by atoms with E-state index in [1.54, 1.807) is 12.2 Å². The Hall–Kier alpha value is -2.36. The third-order valence-corrected chi connectivity index (χ3v) is 1.86. The quantitative estimate of drug-likeness (QED) is 0.644. The van der Waals surface area contributed by atoms with Crippen LogP contribution in [0.15, 0.2) is 48.6 Å². The molecule has 2 N–H and O–H groups in total. The topological polar surface area (TPSA) is 66.4 Å². The number of carboxylic acids is 1. The number of carbonyl (C=O) groups is 2. The second-order valence-corrected chi connectivity index (χ2v) is 3.24. The Kier molecular flexibility index (Phi) is 15.7. The summed E-state index contributed by atoms with van der Waals surface area (Å²) < 4.78 is 0. The first-order valence-corrected chi connectivity index (χ1v) is 7.08. The van der Waals surface area contributed by atoms with Crippen molar-refractivity contribution in [3.63, 3.8) is 0 Å². The summed E-state index contributed by atoms with van der Waals surface area (Å²) in [5.41, 5.74) is 1.03. The van der Waals surface area contributed by atoms with Gasteiger partial charge in [0.1, 0.15) is 6.54 Å². The van der Waals surface area contributed by atoms with Gasteiger partial charge in [0.05, 0.1) is 0 Å². The van der Waals surface area contributed by atoms with Crippen molar-refractivity contribution in [3.8, 4) is 0 Å². The molecule has 0 spiro atoms. The van der Waals surface area contributed by atoms with E-state index in [1.165, 1.54) is 6.08 Å². The van der Waals surface area contributed by atoms with Crippen LogP contribution in [0.2, 0.25) is 0 Å². The lowest BCUT2D eigenvalue weighted by Gasteiger charge is -1.94. The average molecular weight is 291 g/mol. The number of rotatable bonds is 5. The molecule has 1 aromatic carbocycles. The summed E-state index contributed by atoms with van der Waals surface area (Å²) in [7, 11) is 0. The van der Waals surface area contributed by atoms with Crippen molar-refractivity contribution < 1.29 is 14.7 Å². The van der Waals surface area contributed by atoms with Crippen LogP contribution >= 0.6 is 0 Å². The molecular formula is C17H25NO3. The number of aliphatic carboxylic acids is 1. The summed E-state index contributed by atoms with van der Waals surface area (Å²) in [6, 6.07) is 9.64. The SMILES string of the molecule is CC.CC.O=C(O)CNC(=O)/C=C/C=C/c1ccccc1. The highest BCUT2D eigenvalue weighted by Gasteiger charge is 1.97. The Morgan fingerprint density at radius 3 is 2.14 bits per heavy atom. The number of hydrogen-bond acceptors (Lipinski definition) is 2. The minimum Gasteiger partial charge on any atom is -0.480 e. The molecule has 0 aliphatic carbocycles. The van der Waals surface area contributed by atoms with Crippen LogP contribution in [0.25, 0.3) is 6.08 Å². The van der Waals surface area contributed by atoms with E-state index in [1.807, 2.05) is 64.1 Å². The van der Waals surface area contributed by atoms with Crippen molar-refractivity contribution in [2.45, 2.75) is 27.7 Å². The van der Waals surface area contributed by atoms with Crippen molar-refractivity contribution in [1.82, 2.24) is 5.32 Å². The van der Waals surface area contributed by atoms with Crippen LogP contribution in [-0.4, -0.2) is 23.5 Å². The molecule has 0 unspecified atom stereocenters. The van der Waals surface area contributed by atoms with Crippen LogP contribution in [0.5, 0.6) is 0 Å². The fourth-order valence-electron chi connectivity index (χ4n) is 1.10. The second kappa shape index (κ2) is 15.7. The maximum Gasteiger partial charge on any atom is 0.322 e. The first-order valence-electron chi connectivity index (χ1n) is 7.08. The maximum atomic E-state index is 11.1. The predicted octanol–water partition coefficient (Wildman–Crippen LogP) is 3.51. The van der Waals surface area contributed by atoms with Crippen molar-refractivity contribution in [1.29, 1.82) is 0 Å². The highest BCUT2D eigenvalue weighted by molar-refractivity contribution is 5.90. The molecule has 0 saturated carbocycles. The van der Waals surface area contributed by atoms with Gasteiger partial charge in [-0.3, -0.25) is 9.59 Å². The summed E-state index contributed by atoms with van der Waals surface area (Å²) in [5, 5.41) is 10.6. The summed E-state index contributed by atoms with van der Waals surface area (Å²) >= 11 is 0. The zero-order chi connectivity index (χ0) is 16.5. The van der Waals surface area contributed by atoms with Gasteiger partial charge >= 0.3 is 5.97 Å². The minimum atomic E-state index is -1.06. The fraction of sp³-hybridized carbons (Fsp3) is 0.294. The fourth-order valence-corrected chi connectivity index (χ4v) is 1.10. The van der Waals surface area contributed by atoms with Gasteiger partial charge in [0.15, 0.2) is 0 Å². The van der Waals surface area contributed by atoms with Gasteiger partial charge in [-0.15, -0.1) is 0 Å². The van der Waals surface area contributed by atoms with Crippen LogP contribution in [0.3, 0.4) is 0 Å². The Morgan fingerprint density at radius 2 is 1.62 bits per heavy atom. The molecule has 0 radical (unpaired) electrons. The summed E-state index contributed by atoms with van der Waals surface area (Å²) in [6.07, 6.45) is 6.41. The number of hydrogen-bond donors (Lipinski definition) is 2. The third-order valence-electron chi connectivity index (χ3n) is 1.86. The normalized spacial score (nSPS) is 9.33. The molecule has 0 bridgehead atoms. The van der Waals surface area contributed by atoms with Crippen molar-refractivity contribution in [2.24, 2.45) is 0 Å². The molecule has 0 saturated heterocycles. The highest BCUT2D eigenvalue weighted by atomic mass is 16.4. The van der Waals surface area contributed by atoms with E-state index in [-0.39, 0.29) is 6.54 Å². The van der Waals surface area contributed by atoms with Crippen molar-refractivity contribution in [3.05, 3.63) is 54.1 Å². The molecule has 4 heteroatoms. The van der Waals surface area contributed by atoms with Crippen LogP contribution in [0.4, 0.5) is 0 Å². The lowest BCUT2D eigenvalue weighted by molar-refractivity contribution is -0.137. The van der Waals surface area contributed by atoms with Gasteiger partial charge in [-0.1, -0.05) is 76.3 Å². The number of carbonyl (C=O) groups excluding carboxylic acids is 1. The first kappa shape index (κ1) is 20.9. The monoisotopic (exact) mass is 291 g/mol. The van der Waals surface area contributed by atoms with E-state index in [4.69, 9.17) is 5.11 Å². The van der Waals surface area contributed by atoms with E-state index in [0.29, 0.717) is 0 Å². The summed E-state index contributed by atoms with van der Waals surface area (Å²) in [6.45, 7) is 7.63. The summed E-state index contributed by atoms with van der Waals surface area (Å²) in [5.74, 6) is -1.49. The zero-order valence-electron chi connectivity index (χ0n) is 13.2. The van der Waals surface area contributed by atoms with Crippen LogP contribution in [-0.2, 0) is 9.59 Å². The van der Waals surface area contributed by atoms with Crippen molar-refractivity contribution >= 4 is 18.0 Å². The Balaban J connectivity index is 0. The molecular weight excluding hydrogens is 266 g/mol. The number of nitrogens with one attached hydrogen (secondary N) is 1. The van der Waals surface area contributed by atoms with Crippen LogP contribution in [0, 0.1) is 0 Å². The van der Waals surface area contributed by atoms with E-state index in [9.17, 15) is 9.59 Å². The first-order chi connectivity index (χ1) is 10.2. The minimum absolute atomic E-state index is 0.369. The van der Waals surface area contributed by atoms with E-state index in [2.05, 4.69) is 5.32 Å². The van der Waals surface area contributed by atoms with Crippen molar-refractivity contribution in [2.75, 3.05) is 6.54 Å². The zero-order valence-corrected chi connectivity index (χ0v) is 13.2. The molecule has 4 nitrogen and oxygen atoms in total. The molecule has 0 aliphatic heterocycles. The molecule has 0 atom stereocenters. The predicted molar refractivity (Wildman–Crippen MR) is 88.0 cm³/mol. The molecule has 0 fully saturated rings. The maximum absolute atomic E-state index is 11.1. The Morgan fingerprint density at radius 1 is 1.05 bits per heavy atom. The van der Waals surface area contributed by atoms with E-state index >= 15 is 0 Å². The van der Waals surface area contributed by atoms with Gasteiger partial charge in [0, 0.05) is 6.08 Å². The molecule has 0 heterocycles. The third kappa shape index (κ3) is 13.9. The number of carboxylic acid groups (broad SMARTS) is 1. The average Bonchev–Trinajstić information content (AvgIpc) is 2.54. The van der Waals surface area contributed by atoms with E-state index in [0.717, 1.165) is 5.56 Å². The number of allylic oxidation sites excluding steroid dienone is 2. The molecule has 21 heavy (non-hydrogen) atoms.